The lowest BCUT2D eigenvalue weighted by atomic mass is 10.0. The summed E-state index contributed by atoms with van der Waals surface area (Å²) in [6.07, 6.45) is 2.09. The van der Waals surface area contributed by atoms with Gasteiger partial charge in [0.25, 0.3) is 5.91 Å². The van der Waals surface area contributed by atoms with Crippen LogP contribution in [0.15, 0.2) is 72.9 Å². The molecule has 0 saturated carbocycles. The molecule has 1 fully saturated rings. The fourth-order valence-electron chi connectivity index (χ4n) is 3.59. The van der Waals surface area contributed by atoms with E-state index in [9.17, 15) is 14.0 Å². The summed E-state index contributed by atoms with van der Waals surface area (Å²) in [6, 6.07) is 18.4. The highest BCUT2D eigenvalue weighted by molar-refractivity contribution is 8.01. The predicted molar refractivity (Wildman–Crippen MR) is 121 cm³/mol. The van der Waals surface area contributed by atoms with Crippen LogP contribution in [-0.4, -0.2) is 34.2 Å². The molecule has 2 heterocycles. The number of hydroxylamine groups is 2. The number of benzene rings is 2. The van der Waals surface area contributed by atoms with E-state index in [-0.39, 0.29) is 17.5 Å². The van der Waals surface area contributed by atoms with Crippen LogP contribution >= 0.6 is 11.8 Å². The second-order valence-corrected chi connectivity index (χ2v) is 8.66. The highest BCUT2D eigenvalue weighted by atomic mass is 32.2. The maximum Gasteiger partial charge on any atom is 0.363 e. The number of thioether (sulfide) groups is 1. The van der Waals surface area contributed by atoms with Crippen molar-refractivity contribution in [3.63, 3.8) is 0 Å². The third-order valence-corrected chi connectivity index (χ3v) is 6.62. The van der Waals surface area contributed by atoms with E-state index in [0.717, 1.165) is 10.6 Å². The van der Waals surface area contributed by atoms with E-state index in [4.69, 9.17) is 4.84 Å². The van der Waals surface area contributed by atoms with Crippen LogP contribution in [0.25, 0.3) is 0 Å². The molecule has 8 heteroatoms. The van der Waals surface area contributed by atoms with Gasteiger partial charge in [0.2, 0.25) is 0 Å². The van der Waals surface area contributed by atoms with Crippen LogP contribution in [-0.2, 0) is 14.5 Å². The summed E-state index contributed by atoms with van der Waals surface area (Å²) in [5, 5.41) is 4.38. The van der Waals surface area contributed by atoms with Crippen molar-refractivity contribution in [2.75, 3.05) is 17.6 Å². The van der Waals surface area contributed by atoms with Crippen molar-refractivity contribution in [3.05, 3.63) is 95.4 Å². The molecule has 0 spiro atoms. The van der Waals surface area contributed by atoms with Crippen molar-refractivity contribution in [1.29, 1.82) is 0 Å². The van der Waals surface area contributed by atoms with Gasteiger partial charge in [0.1, 0.15) is 11.6 Å². The summed E-state index contributed by atoms with van der Waals surface area (Å²) in [4.78, 5) is 34.6. The Hall–Kier alpha value is -3.39. The molecule has 1 aliphatic heterocycles. The van der Waals surface area contributed by atoms with Gasteiger partial charge >= 0.3 is 5.97 Å². The third-order valence-electron chi connectivity index (χ3n) is 5.15. The van der Waals surface area contributed by atoms with E-state index in [1.807, 2.05) is 31.2 Å². The first kappa shape index (κ1) is 21.8. The number of nitrogens with zero attached hydrogens (tertiary/aromatic N) is 2. The van der Waals surface area contributed by atoms with Crippen molar-refractivity contribution in [1.82, 2.24) is 10.0 Å². The number of nitrogens with one attached hydrogen (secondary N) is 1. The van der Waals surface area contributed by atoms with Gasteiger partial charge in [-0.1, -0.05) is 35.9 Å². The summed E-state index contributed by atoms with van der Waals surface area (Å²) in [7, 11) is 0. The fraction of sp³-hybridized carbons (Fsp3) is 0.208. The quantitative estimate of drug-likeness (QED) is 0.569. The molecular weight excluding hydrogens is 429 g/mol. The van der Waals surface area contributed by atoms with Gasteiger partial charge in [0.05, 0.1) is 11.3 Å². The lowest BCUT2D eigenvalue weighted by Gasteiger charge is -2.36. The SMILES string of the molecule is Cc1cccc(C(=O)ON2C(=O)CSC2(CCNc2ccccn2)c2ccc(F)cc2)c1. The molecule has 3 aromatic rings. The molecule has 0 radical (unpaired) electrons. The topological polar surface area (TPSA) is 71.5 Å². The van der Waals surface area contributed by atoms with Crippen LogP contribution in [0.2, 0.25) is 0 Å². The minimum absolute atomic E-state index is 0.141. The van der Waals surface area contributed by atoms with Crippen LogP contribution in [0, 0.1) is 12.7 Å². The molecule has 1 aromatic heterocycles. The van der Waals surface area contributed by atoms with Gasteiger partial charge in [-0.3, -0.25) is 4.79 Å². The highest BCUT2D eigenvalue weighted by Gasteiger charge is 2.50. The lowest BCUT2D eigenvalue weighted by molar-refractivity contribution is -0.178. The average Bonchev–Trinajstić information content (AvgIpc) is 3.11. The van der Waals surface area contributed by atoms with E-state index in [0.29, 0.717) is 29.9 Å². The van der Waals surface area contributed by atoms with Crippen LogP contribution in [0.4, 0.5) is 10.2 Å². The molecule has 1 amide bonds. The standard InChI is InChI=1S/C24H22FN3O3S/c1-17-5-4-6-18(15-17)23(30)31-28-22(29)16-32-24(28,19-8-10-20(25)11-9-19)12-14-27-21-7-2-3-13-26-21/h2-11,13,15H,12,14,16H2,1H3,(H,26,27). The Kier molecular flexibility index (Phi) is 6.41. The predicted octanol–water partition coefficient (Wildman–Crippen LogP) is 4.53. The molecule has 6 nitrogen and oxygen atoms in total. The van der Waals surface area contributed by atoms with Crippen LogP contribution < -0.4 is 5.32 Å². The zero-order valence-corrected chi connectivity index (χ0v) is 18.3. The van der Waals surface area contributed by atoms with Crippen LogP contribution in [0.3, 0.4) is 0 Å². The minimum Gasteiger partial charge on any atom is -0.370 e. The monoisotopic (exact) mass is 451 g/mol. The minimum atomic E-state index is -0.994. The summed E-state index contributed by atoms with van der Waals surface area (Å²) >= 11 is 1.36. The van der Waals surface area contributed by atoms with Crippen molar-refractivity contribution < 1.29 is 18.8 Å². The maximum atomic E-state index is 13.6. The largest absolute Gasteiger partial charge is 0.370 e. The number of rotatable bonds is 7. The number of hydrogen-bond acceptors (Lipinski definition) is 6. The maximum absolute atomic E-state index is 13.6. The van der Waals surface area contributed by atoms with E-state index in [1.165, 1.54) is 23.9 Å². The number of halogens is 1. The van der Waals surface area contributed by atoms with Gasteiger partial charge < -0.3 is 10.2 Å². The molecule has 1 aliphatic rings. The van der Waals surface area contributed by atoms with Crippen LogP contribution in [0.5, 0.6) is 0 Å². The summed E-state index contributed by atoms with van der Waals surface area (Å²) in [6.45, 7) is 2.33. The van der Waals surface area contributed by atoms with Gasteiger partial charge in [-0.15, -0.1) is 16.8 Å². The van der Waals surface area contributed by atoms with Gasteiger partial charge in [-0.2, -0.15) is 0 Å². The zero-order chi connectivity index (χ0) is 22.6. The number of carbonyl (C=O) groups is 2. The van der Waals surface area contributed by atoms with Crippen molar-refractivity contribution in [3.8, 4) is 0 Å². The Morgan fingerprint density at radius 2 is 2.00 bits per heavy atom. The Labute approximate surface area is 189 Å². The zero-order valence-electron chi connectivity index (χ0n) is 17.5. The van der Waals surface area contributed by atoms with Gasteiger partial charge in [-0.05, 0) is 48.9 Å². The molecule has 0 bridgehead atoms. The molecule has 4 rings (SSSR count). The number of pyridine rings is 1. The molecule has 1 saturated heterocycles. The van der Waals surface area contributed by atoms with E-state index in [1.54, 1.807) is 36.5 Å². The Balaban J connectivity index is 1.62. The van der Waals surface area contributed by atoms with Crippen molar-refractivity contribution in [2.24, 2.45) is 0 Å². The van der Waals surface area contributed by atoms with Crippen molar-refractivity contribution in [2.45, 2.75) is 18.2 Å². The molecule has 32 heavy (non-hydrogen) atoms. The Morgan fingerprint density at radius 1 is 1.19 bits per heavy atom. The number of aromatic nitrogens is 1. The van der Waals surface area contributed by atoms with Crippen molar-refractivity contribution >= 4 is 29.5 Å². The number of hydrogen-bond donors (Lipinski definition) is 1. The smallest absolute Gasteiger partial charge is 0.363 e. The number of amides is 1. The average molecular weight is 452 g/mol. The molecule has 2 aromatic carbocycles. The number of anilines is 1. The first-order valence-electron chi connectivity index (χ1n) is 10.1. The second kappa shape index (κ2) is 9.40. The molecule has 164 valence electrons. The molecule has 1 N–H and O–H groups in total. The Morgan fingerprint density at radius 3 is 2.72 bits per heavy atom. The summed E-state index contributed by atoms with van der Waals surface area (Å²) in [5.41, 5.74) is 1.94. The number of carbonyl (C=O) groups excluding carboxylic acids is 2. The normalized spacial score (nSPS) is 17.9. The second-order valence-electron chi connectivity index (χ2n) is 7.41. The fourth-order valence-corrected chi connectivity index (χ4v) is 4.87. The van der Waals surface area contributed by atoms with Crippen LogP contribution in [0.1, 0.15) is 27.9 Å². The van der Waals surface area contributed by atoms with Gasteiger partial charge in [-0.25, -0.2) is 14.2 Å². The number of aryl methyl sites for hydroxylation is 1. The van der Waals surface area contributed by atoms with E-state index >= 15 is 0 Å². The molecular formula is C24H22FN3O3S. The van der Waals surface area contributed by atoms with Gasteiger partial charge in [0, 0.05) is 19.2 Å². The van der Waals surface area contributed by atoms with E-state index in [2.05, 4.69) is 10.3 Å². The summed E-state index contributed by atoms with van der Waals surface area (Å²) < 4.78 is 13.6. The first-order chi connectivity index (χ1) is 15.5. The van der Waals surface area contributed by atoms with E-state index < -0.39 is 10.8 Å². The third kappa shape index (κ3) is 4.60. The molecule has 0 aliphatic carbocycles. The van der Waals surface area contributed by atoms with Gasteiger partial charge in [0.15, 0.2) is 4.87 Å². The highest BCUT2D eigenvalue weighted by Crippen LogP contribution is 2.48. The first-order valence-corrected chi connectivity index (χ1v) is 11.1. The molecule has 1 atom stereocenters. The Bertz CT molecular complexity index is 1110. The lowest BCUT2D eigenvalue weighted by Crippen LogP contribution is -2.44. The summed E-state index contributed by atoms with van der Waals surface area (Å²) in [5.74, 6) is -0.485. The molecule has 1 unspecified atom stereocenters.